The minimum absolute atomic E-state index is 0.0271. The van der Waals surface area contributed by atoms with Crippen molar-refractivity contribution in [3.63, 3.8) is 0 Å². The van der Waals surface area contributed by atoms with Crippen LogP contribution >= 0.6 is 11.6 Å². The van der Waals surface area contributed by atoms with Gasteiger partial charge in [-0.2, -0.15) is 0 Å². The first-order chi connectivity index (χ1) is 10.4. The van der Waals surface area contributed by atoms with E-state index < -0.39 is 0 Å². The highest BCUT2D eigenvalue weighted by Crippen LogP contribution is 2.65. The van der Waals surface area contributed by atoms with E-state index in [0.717, 1.165) is 32.1 Å². The molecule has 0 amide bonds. The smallest absolute Gasteiger partial charge is 0.0760 e. The van der Waals surface area contributed by atoms with Crippen LogP contribution in [0.5, 0.6) is 0 Å². The summed E-state index contributed by atoms with van der Waals surface area (Å²) in [5, 5.41) is 20.5. The molecule has 0 aromatic rings. The minimum Gasteiger partial charge on any atom is -0.391 e. The number of aliphatic hydroxyl groups is 2. The molecule has 0 radical (unpaired) electrons. The third-order valence-corrected chi connectivity index (χ3v) is 8.44. The fourth-order valence-corrected chi connectivity index (χ4v) is 7.13. The summed E-state index contributed by atoms with van der Waals surface area (Å²) in [5.41, 5.74) is 1.81. The summed E-state index contributed by atoms with van der Waals surface area (Å²) in [5.74, 6) is 2.00. The van der Waals surface area contributed by atoms with E-state index in [9.17, 15) is 10.2 Å². The predicted molar refractivity (Wildman–Crippen MR) is 88.7 cm³/mol. The maximum Gasteiger partial charge on any atom is 0.0760 e. The molecule has 0 aromatic heterocycles. The summed E-state index contributed by atoms with van der Waals surface area (Å²) in [4.78, 5) is 0. The van der Waals surface area contributed by atoms with Crippen LogP contribution in [0.3, 0.4) is 0 Å². The second kappa shape index (κ2) is 4.97. The van der Waals surface area contributed by atoms with Gasteiger partial charge < -0.3 is 10.2 Å². The molecule has 3 saturated carbocycles. The Hall–Kier alpha value is -0.0500. The van der Waals surface area contributed by atoms with Gasteiger partial charge in [-0.1, -0.05) is 25.5 Å². The SMILES string of the molecule is C[C@]12CC[C@H]3[C@@H](CCC4=C[C@H](O)CC[C@@]43C)[C@@H]1C[C@@H](Cl)[C@@H]2O. The number of alkyl halides is 1. The molecule has 0 heterocycles. The van der Waals surface area contributed by atoms with E-state index in [0.29, 0.717) is 17.8 Å². The number of hydrogen-bond donors (Lipinski definition) is 2. The lowest BCUT2D eigenvalue weighted by molar-refractivity contribution is -0.0759. The fraction of sp³-hybridized carbons (Fsp3) is 0.895. The Balaban J connectivity index is 1.68. The third kappa shape index (κ3) is 1.93. The molecule has 124 valence electrons. The molecule has 0 bridgehead atoms. The van der Waals surface area contributed by atoms with Gasteiger partial charge in [0.25, 0.3) is 0 Å². The molecule has 0 aliphatic heterocycles. The molecular weight excluding hydrogens is 296 g/mol. The number of halogens is 1. The Bertz CT molecular complexity index is 504. The Morgan fingerprint density at radius 2 is 1.86 bits per heavy atom. The largest absolute Gasteiger partial charge is 0.391 e. The van der Waals surface area contributed by atoms with Crippen molar-refractivity contribution in [1.82, 2.24) is 0 Å². The van der Waals surface area contributed by atoms with Gasteiger partial charge >= 0.3 is 0 Å². The van der Waals surface area contributed by atoms with E-state index >= 15 is 0 Å². The zero-order valence-corrected chi connectivity index (χ0v) is 14.5. The zero-order valence-electron chi connectivity index (χ0n) is 13.8. The van der Waals surface area contributed by atoms with Crippen molar-refractivity contribution in [2.45, 2.75) is 76.4 Å². The average Bonchev–Trinajstić information content (AvgIpc) is 2.72. The van der Waals surface area contributed by atoms with Crippen LogP contribution in [0.15, 0.2) is 11.6 Å². The highest BCUT2D eigenvalue weighted by atomic mass is 35.5. The van der Waals surface area contributed by atoms with Gasteiger partial charge in [0, 0.05) is 0 Å². The average molecular weight is 325 g/mol. The summed E-state index contributed by atoms with van der Waals surface area (Å²) < 4.78 is 0. The van der Waals surface area contributed by atoms with Crippen LogP contribution < -0.4 is 0 Å². The highest BCUT2D eigenvalue weighted by Gasteiger charge is 2.60. The topological polar surface area (TPSA) is 40.5 Å². The minimum atomic E-state index is -0.335. The summed E-state index contributed by atoms with van der Waals surface area (Å²) in [6.45, 7) is 4.72. The van der Waals surface area contributed by atoms with Crippen LogP contribution in [0.1, 0.15) is 58.8 Å². The number of aliphatic hydroxyl groups excluding tert-OH is 2. The molecule has 4 aliphatic rings. The first-order valence-corrected chi connectivity index (χ1v) is 9.51. The summed E-state index contributed by atoms with van der Waals surface area (Å²) in [7, 11) is 0. The lowest BCUT2D eigenvalue weighted by Crippen LogP contribution is -2.51. The van der Waals surface area contributed by atoms with Crippen LogP contribution in [0, 0.1) is 28.6 Å². The van der Waals surface area contributed by atoms with Gasteiger partial charge in [0.15, 0.2) is 0 Å². The Morgan fingerprint density at radius 1 is 1.09 bits per heavy atom. The molecule has 4 aliphatic carbocycles. The maximum absolute atomic E-state index is 10.6. The molecule has 22 heavy (non-hydrogen) atoms. The van der Waals surface area contributed by atoms with Crippen molar-refractivity contribution in [1.29, 1.82) is 0 Å². The van der Waals surface area contributed by atoms with Crippen molar-refractivity contribution in [3.8, 4) is 0 Å². The second-order valence-electron chi connectivity index (χ2n) is 8.87. The zero-order chi connectivity index (χ0) is 15.7. The van der Waals surface area contributed by atoms with E-state index in [2.05, 4.69) is 19.9 Å². The molecule has 4 rings (SSSR count). The molecule has 0 spiro atoms. The lowest BCUT2D eigenvalue weighted by atomic mass is 9.47. The van der Waals surface area contributed by atoms with Crippen molar-refractivity contribution in [3.05, 3.63) is 11.6 Å². The number of fused-ring (bicyclic) bond motifs is 5. The normalized spacial score (nSPS) is 57.6. The van der Waals surface area contributed by atoms with E-state index in [1.807, 2.05) is 0 Å². The van der Waals surface area contributed by atoms with Crippen molar-refractivity contribution < 1.29 is 10.2 Å². The summed E-state index contributed by atoms with van der Waals surface area (Å²) in [6, 6.07) is 0. The fourth-order valence-electron chi connectivity index (χ4n) is 6.65. The number of rotatable bonds is 0. The molecule has 2 N–H and O–H groups in total. The van der Waals surface area contributed by atoms with E-state index in [-0.39, 0.29) is 28.4 Å². The van der Waals surface area contributed by atoms with E-state index in [1.165, 1.54) is 18.4 Å². The first-order valence-electron chi connectivity index (χ1n) is 9.07. The van der Waals surface area contributed by atoms with Crippen molar-refractivity contribution >= 4 is 11.6 Å². The lowest BCUT2D eigenvalue weighted by Gasteiger charge is -2.58. The predicted octanol–water partition coefficient (Wildman–Crippen LogP) is 3.89. The van der Waals surface area contributed by atoms with Gasteiger partial charge in [-0.3, -0.25) is 0 Å². The third-order valence-electron chi connectivity index (χ3n) is 8.02. The Labute approximate surface area is 138 Å². The number of hydrogen-bond acceptors (Lipinski definition) is 2. The van der Waals surface area contributed by atoms with Gasteiger partial charge in [-0.15, -0.1) is 11.6 Å². The summed E-state index contributed by atoms with van der Waals surface area (Å²) in [6.07, 6.45) is 9.27. The standard InChI is InChI=1S/C19H29ClO2/c1-18-7-5-12(21)9-11(18)3-4-13-14(18)6-8-19(2)15(13)10-16(20)17(19)22/h9,12-17,21-22H,3-8,10H2,1-2H3/t12-,13-,14+,15+,16-,17+,18+,19+/m1/s1. The van der Waals surface area contributed by atoms with Crippen molar-refractivity contribution in [2.24, 2.45) is 28.6 Å². The van der Waals surface area contributed by atoms with Crippen LogP contribution in [-0.4, -0.2) is 27.8 Å². The quantitative estimate of drug-likeness (QED) is 0.524. The first kappa shape index (κ1) is 15.5. The van der Waals surface area contributed by atoms with Crippen LogP contribution in [0.25, 0.3) is 0 Å². The van der Waals surface area contributed by atoms with Gasteiger partial charge in [0.1, 0.15) is 0 Å². The monoisotopic (exact) mass is 324 g/mol. The molecule has 3 fully saturated rings. The molecule has 0 unspecified atom stereocenters. The molecule has 8 atom stereocenters. The molecule has 0 saturated heterocycles. The highest BCUT2D eigenvalue weighted by molar-refractivity contribution is 6.21. The van der Waals surface area contributed by atoms with Crippen LogP contribution in [-0.2, 0) is 0 Å². The maximum atomic E-state index is 10.6. The van der Waals surface area contributed by atoms with Gasteiger partial charge in [-0.05, 0) is 73.5 Å². The van der Waals surface area contributed by atoms with Crippen molar-refractivity contribution in [2.75, 3.05) is 0 Å². The van der Waals surface area contributed by atoms with E-state index in [1.54, 1.807) is 0 Å². The number of allylic oxidation sites excluding steroid dienone is 1. The Morgan fingerprint density at radius 3 is 2.64 bits per heavy atom. The molecular formula is C19H29ClO2. The van der Waals surface area contributed by atoms with E-state index in [4.69, 9.17) is 11.6 Å². The molecule has 2 nitrogen and oxygen atoms in total. The second-order valence-corrected chi connectivity index (χ2v) is 9.43. The van der Waals surface area contributed by atoms with Gasteiger partial charge in [-0.25, -0.2) is 0 Å². The molecule has 3 heteroatoms. The van der Waals surface area contributed by atoms with Gasteiger partial charge in [0.2, 0.25) is 0 Å². The van der Waals surface area contributed by atoms with Gasteiger partial charge in [0.05, 0.1) is 17.6 Å². The molecule has 0 aromatic carbocycles. The van der Waals surface area contributed by atoms with Crippen LogP contribution in [0.4, 0.5) is 0 Å². The van der Waals surface area contributed by atoms with Crippen LogP contribution in [0.2, 0.25) is 0 Å². The Kier molecular flexibility index (Phi) is 3.50. The summed E-state index contributed by atoms with van der Waals surface area (Å²) >= 11 is 6.46.